The zero-order valence-electron chi connectivity index (χ0n) is 12.4. The fourth-order valence-electron chi connectivity index (χ4n) is 1.99. The lowest BCUT2D eigenvalue weighted by molar-refractivity contribution is 0.122. The maximum atomic E-state index is 6.56. The Balaban J connectivity index is 2.27. The van der Waals surface area contributed by atoms with Crippen LogP contribution in [-0.2, 0) is 4.43 Å². The van der Waals surface area contributed by atoms with Crippen LogP contribution in [0.3, 0.4) is 0 Å². The van der Waals surface area contributed by atoms with Crippen LogP contribution < -0.4 is 4.74 Å². The summed E-state index contributed by atoms with van der Waals surface area (Å²) in [5.41, 5.74) is 1.19. The maximum absolute atomic E-state index is 6.56. The van der Waals surface area contributed by atoms with Crippen molar-refractivity contribution in [3.05, 3.63) is 28.2 Å². The highest BCUT2D eigenvalue weighted by Gasteiger charge is 2.40. The molecule has 0 aromatic heterocycles. The molecule has 1 aromatic rings. The van der Waals surface area contributed by atoms with Crippen molar-refractivity contribution in [1.82, 2.24) is 0 Å². The van der Waals surface area contributed by atoms with Crippen molar-refractivity contribution in [3.8, 4) is 5.75 Å². The SMILES string of the molecule is CC(C)(C)[Si](C)(C)OC1CCOc2ccc(Br)cc21. The monoisotopic (exact) mass is 342 g/mol. The Morgan fingerprint density at radius 2 is 2.00 bits per heavy atom. The van der Waals surface area contributed by atoms with Crippen LogP contribution in [0, 0.1) is 0 Å². The van der Waals surface area contributed by atoms with Crippen LogP contribution >= 0.6 is 15.9 Å². The van der Waals surface area contributed by atoms with E-state index in [1.165, 1.54) is 5.56 Å². The van der Waals surface area contributed by atoms with Crippen LogP contribution in [0.1, 0.15) is 38.9 Å². The highest BCUT2D eigenvalue weighted by atomic mass is 79.9. The van der Waals surface area contributed by atoms with Crippen LogP contribution in [0.5, 0.6) is 5.75 Å². The quantitative estimate of drug-likeness (QED) is 0.679. The van der Waals surface area contributed by atoms with Crippen molar-refractivity contribution in [2.75, 3.05) is 6.61 Å². The lowest BCUT2D eigenvalue weighted by Gasteiger charge is -2.40. The Labute approximate surface area is 125 Å². The van der Waals surface area contributed by atoms with Crippen molar-refractivity contribution in [2.24, 2.45) is 0 Å². The maximum Gasteiger partial charge on any atom is 0.192 e. The predicted octanol–water partition coefficient (Wildman–Crippen LogP) is 5.29. The molecule has 0 saturated heterocycles. The van der Waals surface area contributed by atoms with Crippen molar-refractivity contribution in [3.63, 3.8) is 0 Å². The Hall–Kier alpha value is -0.323. The predicted molar refractivity (Wildman–Crippen MR) is 85.3 cm³/mol. The molecule has 0 fully saturated rings. The third-order valence-electron chi connectivity index (χ3n) is 4.20. The average Bonchev–Trinajstić information content (AvgIpc) is 2.28. The zero-order valence-corrected chi connectivity index (χ0v) is 15.0. The molecule has 106 valence electrons. The van der Waals surface area contributed by atoms with E-state index >= 15 is 0 Å². The van der Waals surface area contributed by atoms with Gasteiger partial charge in [0.15, 0.2) is 8.32 Å². The largest absolute Gasteiger partial charge is 0.493 e. The topological polar surface area (TPSA) is 18.5 Å². The van der Waals surface area contributed by atoms with Gasteiger partial charge >= 0.3 is 0 Å². The van der Waals surface area contributed by atoms with Crippen LogP contribution in [-0.4, -0.2) is 14.9 Å². The van der Waals surface area contributed by atoms with Gasteiger partial charge in [0.05, 0.1) is 12.7 Å². The molecule has 0 saturated carbocycles. The smallest absolute Gasteiger partial charge is 0.192 e. The van der Waals surface area contributed by atoms with E-state index in [2.05, 4.69) is 55.9 Å². The number of hydrogen-bond acceptors (Lipinski definition) is 2. The Bertz CT molecular complexity index is 466. The summed E-state index contributed by atoms with van der Waals surface area (Å²) in [7, 11) is -1.75. The van der Waals surface area contributed by atoms with E-state index in [0.717, 1.165) is 23.2 Å². The summed E-state index contributed by atoms with van der Waals surface area (Å²) in [6, 6.07) is 6.18. The highest BCUT2D eigenvalue weighted by Crippen LogP contribution is 2.43. The van der Waals surface area contributed by atoms with Crippen molar-refractivity contribution < 1.29 is 9.16 Å². The van der Waals surface area contributed by atoms with Gasteiger partial charge in [-0.2, -0.15) is 0 Å². The normalized spacial score (nSPS) is 19.8. The van der Waals surface area contributed by atoms with E-state index in [4.69, 9.17) is 9.16 Å². The highest BCUT2D eigenvalue weighted by molar-refractivity contribution is 9.10. The standard InChI is InChI=1S/C15H23BrO2Si/c1-15(2,3)19(4,5)18-14-8-9-17-13-7-6-11(16)10-12(13)14/h6-7,10,14H,8-9H2,1-5H3. The molecule has 0 radical (unpaired) electrons. The van der Waals surface area contributed by atoms with Gasteiger partial charge in [-0.1, -0.05) is 36.7 Å². The summed E-state index contributed by atoms with van der Waals surface area (Å²) < 4.78 is 13.4. The summed E-state index contributed by atoms with van der Waals surface area (Å²) in [5, 5.41) is 0.234. The lowest BCUT2D eigenvalue weighted by atomic mass is 10.0. The number of halogens is 1. The number of ether oxygens (including phenoxy) is 1. The Morgan fingerprint density at radius 1 is 1.32 bits per heavy atom. The molecule has 0 aliphatic carbocycles. The molecular formula is C15H23BrO2Si. The second kappa shape index (κ2) is 5.22. The molecule has 1 aliphatic heterocycles. The fraction of sp³-hybridized carbons (Fsp3) is 0.600. The molecular weight excluding hydrogens is 320 g/mol. The second-order valence-corrected chi connectivity index (χ2v) is 12.4. The first-order chi connectivity index (χ1) is 8.71. The molecule has 1 aliphatic rings. The number of benzene rings is 1. The summed E-state index contributed by atoms with van der Waals surface area (Å²) in [6.45, 7) is 12.2. The van der Waals surface area contributed by atoms with Crippen molar-refractivity contribution >= 4 is 24.2 Å². The van der Waals surface area contributed by atoms with Gasteiger partial charge in [0.2, 0.25) is 0 Å². The molecule has 0 N–H and O–H groups in total. The van der Waals surface area contributed by atoms with Gasteiger partial charge in [-0.3, -0.25) is 0 Å². The van der Waals surface area contributed by atoms with Crippen molar-refractivity contribution in [1.29, 1.82) is 0 Å². The molecule has 1 heterocycles. The van der Waals surface area contributed by atoms with E-state index in [1.54, 1.807) is 0 Å². The molecule has 2 rings (SSSR count). The van der Waals surface area contributed by atoms with Gasteiger partial charge < -0.3 is 9.16 Å². The minimum atomic E-state index is -1.75. The van der Waals surface area contributed by atoms with E-state index < -0.39 is 8.32 Å². The molecule has 0 spiro atoms. The van der Waals surface area contributed by atoms with E-state index in [1.807, 2.05) is 12.1 Å². The van der Waals surface area contributed by atoms with Gasteiger partial charge in [0, 0.05) is 16.5 Å². The number of rotatable bonds is 2. The average molecular weight is 343 g/mol. The molecule has 1 unspecified atom stereocenters. The molecule has 1 aromatic carbocycles. The van der Waals surface area contributed by atoms with Crippen LogP contribution in [0.4, 0.5) is 0 Å². The van der Waals surface area contributed by atoms with E-state index in [0.29, 0.717) is 0 Å². The fourth-order valence-corrected chi connectivity index (χ4v) is 3.68. The first-order valence-corrected chi connectivity index (χ1v) is 10.5. The summed E-state index contributed by atoms with van der Waals surface area (Å²) in [5.74, 6) is 0.971. The molecule has 2 nitrogen and oxygen atoms in total. The lowest BCUT2D eigenvalue weighted by Crippen LogP contribution is -2.42. The first kappa shape index (κ1) is 15.1. The Morgan fingerprint density at radius 3 is 2.63 bits per heavy atom. The minimum Gasteiger partial charge on any atom is -0.493 e. The van der Waals surface area contributed by atoms with Gasteiger partial charge in [-0.15, -0.1) is 0 Å². The molecule has 4 heteroatoms. The van der Waals surface area contributed by atoms with Crippen LogP contribution in [0.2, 0.25) is 18.1 Å². The van der Waals surface area contributed by atoms with E-state index in [9.17, 15) is 0 Å². The molecule has 1 atom stereocenters. The van der Waals surface area contributed by atoms with Crippen LogP contribution in [0.25, 0.3) is 0 Å². The first-order valence-electron chi connectivity index (χ1n) is 6.81. The van der Waals surface area contributed by atoms with E-state index in [-0.39, 0.29) is 11.1 Å². The summed E-state index contributed by atoms with van der Waals surface area (Å²) in [4.78, 5) is 0. The molecule has 0 bridgehead atoms. The van der Waals surface area contributed by atoms with Gasteiger partial charge in [-0.05, 0) is 36.3 Å². The van der Waals surface area contributed by atoms with Gasteiger partial charge in [0.25, 0.3) is 0 Å². The molecule has 0 amide bonds. The summed E-state index contributed by atoms with van der Waals surface area (Å²) >= 11 is 3.54. The number of fused-ring (bicyclic) bond motifs is 1. The summed E-state index contributed by atoms with van der Waals surface area (Å²) in [6.07, 6.45) is 1.11. The van der Waals surface area contributed by atoms with Crippen LogP contribution in [0.15, 0.2) is 22.7 Å². The van der Waals surface area contributed by atoms with Crippen molar-refractivity contribution in [2.45, 2.75) is 51.4 Å². The Kier molecular flexibility index (Phi) is 4.14. The zero-order chi connectivity index (χ0) is 14.3. The third-order valence-corrected chi connectivity index (χ3v) is 9.18. The van der Waals surface area contributed by atoms with Gasteiger partial charge in [-0.25, -0.2) is 0 Å². The van der Waals surface area contributed by atoms with Gasteiger partial charge in [0.1, 0.15) is 5.75 Å². The third kappa shape index (κ3) is 3.23. The number of hydrogen-bond donors (Lipinski definition) is 0. The molecule has 19 heavy (non-hydrogen) atoms. The minimum absolute atomic E-state index is 0.169. The second-order valence-electron chi connectivity index (χ2n) is 6.69.